The van der Waals surface area contributed by atoms with Crippen molar-refractivity contribution in [2.75, 3.05) is 29.1 Å². The fourth-order valence-electron chi connectivity index (χ4n) is 5.12. The lowest BCUT2D eigenvalue weighted by Crippen LogP contribution is -2.36. The van der Waals surface area contributed by atoms with E-state index in [2.05, 4.69) is 25.3 Å². The highest BCUT2D eigenvalue weighted by Gasteiger charge is 2.36. The highest BCUT2D eigenvalue weighted by Crippen LogP contribution is 2.42. The Morgan fingerprint density at radius 1 is 1.14 bits per heavy atom. The van der Waals surface area contributed by atoms with Gasteiger partial charge in [0.05, 0.1) is 35.4 Å². The second-order valence-electron chi connectivity index (χ2n) is 9.71. The van der Waals surface area contributed by atoms with E-state index in [0.29, 0.717) is 47.2 Å². The quantitative estimate of drug-likeness (QED) is 0.516. The number of nitrogens with zero attached hydrogens (tertiary/aromatic N) is 5. The molecule has 3 aliphatic rings. The number of amides is 1. The smallest absolute Gasteiger partial charge is 0.280 e. The van der Waals surface area contributed by atoms with Crippen LogP contribution in [0.1, 0.15) is 41.7 Å². The van der Waals surface area contributed by atoms with Crippen molar-refractivity contribution in [1.29, 1.82) is 0 Å². The van der Waals surface area contributed by atoms with Crippen molar-refractivity contribution in [3.8, 4) is 17.1 Å². The van der Waals surface area contributed by atoms with E-state index in [9.17, 15) is 4.79 Å². The summed E-state index contributed by atoms with van der Waals surface area (Å²) in [6.07, 6.45) is 6.19. The number of carbonyl (C=O) groups excluding carboxylic acids is 1. The number of aromatic nitrogens is 3. The molecule has 2 aliphatic heterocycles. The molecule has 3 N–H and O–H groups in total. The van der Waals surface area contributed by atoms with Gasteiger partial charge in [0.15, 0.2) is 0 Å². The number of benzene rings is 1. The predicted octanol–water partition coefficient (Wildman–Crippen LogP) is 4.00. The molecule has 9 heteroatoms. The Labute approximate surface area is 204 Å². The molecule has 0 saturated heterocycles. The molecule has 1 amide bonds. The Hall–Kier alpha value is -3.88. The highest BCUT2D eigenvalue weighted by atomic mass is 16.5. The van der Waals surface area contributed by atoms with Gasteiger partial charge in [-0.25, -0.2) is 4.68 Å². The van der Waals surface area contributed by atoms with Crippen LogP contribution < -0.4 is 20.7 Å². The molecular weight excluding hydrogens is 442 g/mol. The molecule has 6 rings (SSSR count). The lowest BCUT2D eigenvalue weighted by molar-refractivity contribution is 0.100. The number of guanidine groups is 1. The molecule has 2 aromatic heterocycles. The van der Waals surface area contributed by atoms with Gasteiger partial charge in [-0.3, -0.25) is 9.78 Å². The van der Waals surface area contributed by atoms with Gasteiger partial charge in [-0.15, -0.1) is 0 Å². The Morgan fingerprint density at radius 2 is 2.00 bits per heavy atom. The van der Waals surface area contributed by atoms with E-state index >= 15 is 0 Å². The van der Waals surface area contributed by atoms with Crippen molar-refractivity contribution in [2.45, 2.75) is 32.6 Å². The number of aryl methyl sites for hydroxylation is 2. The summed E-state index contributed by atoms with van der Waals surface area (Å²) in [6, 6.07) is 9.32. The zero-order valence-corrected chi connectivity index (χ0v) is 20.0. The van der Waals surface area contributed by atoms with Crippen LogP contribution in [-0.2, 0) is 7.05 Å². The number of anilines is 3. The van der Waals surface area contributed by atoms with Crippen molar-refractivity contribution in [3.05, 3.63) is 47.8 Å². The zero-order valence-electron chi connectivity index (χ0n) is 20.0. The van der Waals surface area contributed by atoms with Crippen LogP contribution in [0.2, 0.25) is 0 Å². The molecule has 1 aliphatic carbocycles. The third-order valence-electron chi connectivity index (χ3n) is 7.05. The van der Waals surface area contributed by atoms with E-state index in [1.807, 2.05) is 32.2 Å². The first-order valence-corrected chi connectivity index (χ1v) is 12.2. The van der Waals surface area contributed by atoms with Crippen molar-refractivity contribution >= 4 is 28.9 Å². The molecule has 0 spiro atoms. The van der Waals surface area contributed by atoms with Crippen LogP contribution in [-0.4, -0.2) is 39.8 Å². The number of pyridine rings is 1. The molecule has 35 heavy (non-hydrogen) atoms. The third-order valence-corrected chi connectivity index (χ3v) is 7.05. The molecule has 1 aromatic carbocycles. The molecule has 0 radical (unpaired) electrons. The lowest BCUT2D eigenvalue weighted by atomic mass is 9.97. The molecule has 0 unspecified atom stereocenters. The van der Waals surface area contributed by atoms with Crippen molar-refractivity contribution in [3.63, 3.8) is 0 Å². The molecule has 1 saturated carbocycles. The number of aliphatic imine (C=N–C) groups is 1. The minimum absolute atomic E-state index is 0.325. The monoisotopic (exact) mass is 471 g/mol. The minimum Gasteiger partial charge on any atom is -0.477 e. The van der Waals surface area contributed by atoms with E-state index in [4.69, 9.17) is 10.5 Å². The summed E-state index contributed by atoms with van der Waals surface area (Å²) < 4.78 is 7.93. The first kappa shape index (κ1) is 21.6. The largest absolute Gasteiger partial charge is 0.477 e. The number of hydrogen-bond acceptors (Lipinski definition) is 7. The lowest BCUT2D eigenvalue weighted by Gasteiger charge is -2.25. The first-order valence-electron chi connectivity index (χ1n) is 12.2. The summed E-state index contributed by atoms with van der Waals surface area (Å²) in [4.78, 5) is 24.8. The molecule has 3 aromatic rings. The van der Waals surface area contributed by atoms with E-state index in [0.717, 1.165) is 42.0 Å². The molecule has 9 nitrogen and oxygen atoms in total. The third kappa shape index (κ3) is 4.11. The van der Waals surface area contributed by atoms with Crippen molar-refractivity contribution in [1.82, 2.24) is 14.8 Å². The predicted molar refractivity (Wildman–Crippen MR) is 136 cm³/mol. The number of nitrogen functional groups attached to an aromatic ring is 1. The van der Waals surface area contributed by atoms with Gasteiger partial charge in [0.2, 0.25) is 11.8 Å². The van der Waals surface area contributed by atoms with Gasteiger partial charge in [0.25, 0.3) is 5.91 Å². The second kappa shape index (κ2) is 8.41. The van der Waals surface area contributed by atoms with Crippen LogP contribution in [0.25, 0.3) is 11.3 Å². The Morgan fingerprint density at radius 3 is 2.83 bits per heavy atom. The topological polar surface area (TPSA) is 111 Å². The summed E-state index contributed by atoms with van der Waals surface area (Å²) in [5.41, 5.74) is 11.2. The van der Waals surface area contributed by atoms with Crippen LogP contribution in [0.4, 0.5) is 17.1 Å². The number of ether oxygens (including phenoxy) is 1. The van der Waals surface area contributed by atoms with Crippen molar-refractivity contribution < 1.29 is 9.53 Å². The standard InChI is InChI=1S/C26H29N7O2/c1-15-10-18-11-21(29-15)20-13-28-32(2)25(20)35-9-3-4-17(16-5-6-16)14-33-23-8-7-19(27)12-22(23)30-26(33)31-24(18)34/h7-8,10-13,16-17H,3-6,9,14,27H2,1-2H3,(H,30,31,34)/t17-/m1/s1. The SMILES string of the molecule is Cc1cc2cc(n1)-c1cnn(C)c1OCCC[C@@H](C1CC1)CN1/C(=N/C2=O)Nc2cc(N)ccc21. The normalized spacial score (nSPS) is 21.4. The van der Waals surface area contributed by atoms with E-state index in [1.54, 1.807) is 23.0 Å². The Balaban J connectivity index is 1.45. The van der Waals surface area contributed by atoms with Gasteiger partial charge >= 0.3 is 0 Å². The first-order chi connectivity index (χ1) is 17.0. The van der Waals surface area contributed by atoms with E-state index in [1.165, 1.54) is 12.8 Å². The average molecular weight is 472 g/mol. The van der Waals surface area contributed by atoms with Gasteiger partial charge in [0, 0.05) is 30.5 Å². The van der Waals surface area contributed by atoms with Gasteiger partial charge in [-0.2, -0.15) is 10.1 Å². The summed E-state index contributed by atoms with van der Waals surface area (Å²) in [7, 11) is 1.86. The molecule has 180 valence electrons. The van der Waals surface area contributed by atoms with Crippen molar-refractivity contribution in [2.24, 2.45) is 23.9 Å². The molecule has 1 fully saturated rings. The van der Waals surface area contributed by atoms with Crippen LogP contribution in [0.15, 0.2) is 41.5 Å². The van der Waals surface area contributed by atoms with Gasteiger partial charge in [-0.05, 0) is 74.8 Å². The average Bonchev–Trinajstić information content (AvgIpc) is 3.53. The summed E-state index contributed by atoms with van der Waals surface area (Å²) in [5.74, 6) is 2.05. The van der Waals surface area contributed by atoms with E-state index in [-0.39, 0.29) is 5.91 Å². The molecular formula is C26H29N7O2. The zero-order chi connectivity index (χ0) is 24.1. The highest BCUT2D eigenvalue weighted by molar-refractivity contribution is 6.19. The number of carbonyl (C=O) groups is 1. The fraction of sp³-hybridized carbons (Fsp3) is 0.385. The summed E-state index contributed by atoms with van der Waals surface area (Å²) >= 11 is 0. The Kier molecular flexibility index (Phi) is 5.20. The van der Waals surface area contributed by atoms with Crippen LogP contribution in [0.5, 0.6) is 5.88 Å². The van der Waals surface area contributed by atoms with E-state index < -0.39 is 0 Å². The fourth-order valence-corrected chi connectivity index (χ4v) is 5.12. The Bertz CT molecular complexity index is 1340. The number of nitrogens with one attached hydrogen (secondary N) is 1. The number of rotatable bonds is 1. The summed E-state index contributed by atoms with van der Waals surface area (Å²) in [5, 5.41) is 7.73. The van der Waals surface area contributed by atoms with Gasteiger partial charge in [0.1, 0.15) is 0 Å². The molecule has 4 heterocycles. The second-order valence-corrected chi connectivity index (χ2v) is 9.71. The van der Waals surface area contributed by atoms with Gasteiger partial charge < -0.3 is 20.7 Å². The maximum absolute atomic E-state index is 13.4. The van der Waals surface area contributed by atoms with Crippen LogP contribution >= 0.6 is 0 Å². The van der Waals surface area contributed by atoms with Crippen LogP contribution in [0, 0.1) is 18.8 Å². The van der Waals surface area contributed by atoms with Gasteiger partial charge in [-0.1, -0.05) is 0 Å². The number of nitrogens with two attached hydrogens (primary N) is 1. The maximum Gasteiger partial charge on any atom is 0.280 e. The van der Waals surface area contributed by atoms with Crippen LogP contribution in [0.3, 0.4) is 0 Å². The maximum atomic E-state index is 13.4. The number of hydrogen-bond donors (Lipinski definition) is 2. The summed E-state index contributed by atoms with van der Waals surface area (Å²) in [6.45, 7) is 3.26. The number of fused-ring (bicyclic) bond motifs is 7. The minimum atomic E-state index is -0.325. The molecule has 2 bridgehead atoms. The molecule has 1 atom stereocenters.